The molecule has 5 heteroatoms. The molecule has 1 N–H and O–H groups in total. The second-order valence-corrected chi connectivity index (χ2v) is 5.25. The van der Waals surface area contributed by atoms with Crippen molar-refractivity contribution in [3.63, 3.8) is 0 Å². The zero-order chi connectivity index (χ0) is 13.8. The van der Waals surface area contributed by atoms with Crippen LogP contribution < -0.4 is 0 Å². The number of hydrogen-bond donors (Lipinski definition) is 1. The molecule has 0 bridgehead atoms. The summed E-state index contributed by atoms with van der Waals surface area (Å²) in [6, 6.07) is 0. The first-order valence-electron chi connectivity index (χ1n) is 6.14. The third kappa shape index (κ3) is 4.40. The molecule has 104 valence electrons. The molecule has 18 heavy (non-hydrogen) atoms. The first-order valence-corrected chi connectivity index (χ1v) is 6.14. The van der Waals surface area contributed by atoms with E-state index in [9.17, 15) is 9.90 Å². The summed E-state index contributed by atoms with van der Waals surface area (Å²) >= 11 is 0. The largest absolute Gasteiger partial charge is 0.466 e. The molecule has 1 rings (SSSR count). The molecule has 1 aliphatic heterocycles. The number of aliphatic hydroxyl groups excluding tert-OH is 1. The lowest BCUT2D eigenvalue weighted by Crippen LogP contribution is -2.53. The summed E-state index contributed by atoms with van der Waals surface area (Å²) in [6.07, 6.45) is 1.68. The van der Waals surface area contributed by atoms with Crippen LogP contribution in [-0.4, -0.2) is 61.0 Å². The van der Waals surface area contributed by atoms with Crippen LogP contribution >= 0.6 is 0 Å². The maximum atomic E-state index is 11.3. The van der Waals surface area contributed by atoms with Crippen LogP contribution in [0.3, 0.4) is 0 Å². The quantitative estimate of drug-likeness (QED) is 0.589. The topological polar surface area (TPSA) is 59.0 Å². The van der Waals surface area contributed by atoms with Gasteiger partial charge in [0.15, 0.2) is 0 Å². The molecule has 1 unspecified atom stereocenters. The van der Waals surface area contributed by atoms with Crippen LogP contribution in [0.2, 0.25) is 0 Å². The van der Waals surface area contributed by atoms with Crippen LogP contribution in [0.1, 0.15) is 20.8 Å². The number of ether oxygens (including phenoxy) is 2. The third-order valence-corrected chi connectivity index (χ3v) is 2.92. The smallest absolute Gasteiger partial charge is 0.333 e. The Balaban J connectivity index is 2.59. The minimum atomic E-state index is -0.304. The molecule has 1 atom stereocenters. The highest BCUT2D eigenvalue weighted by Crippen LogP contribution is 2.20. The van der Waals surface area contributed by atoms with E-state index in [4.69, 9.17) is 4.74 Å². The van der Waals surface area contributed by atoms with Crippen LogP contribution in [0, 0.1) is 0 Å². The number of rotatable bonds is 4. The molecule has 1 fully saturated rings. The fourth-order valence-corrected chi connectivity index (χ4v) is 2.16. The number of carbonyl (C=O) groups excluding carboxylic acids is 1. The second kappa shape index (κ2) is 6.31. The van der Waals surface area contributed by atoms with Gasteiger partial charge < -0.3 is 14.6 Å². The highest BCUT2D eigenvalue weighted by molar-refractivity contribution is 5.87. The number of carbonyl (C=O) groups is 1. The fourth-order valence-electron chi connectivity index (χ4n) is 2.16. The van der Waals surface area contributed by atoms with Gasteiger partial charge in [-0.3, -0.25) is 4.90 Å². The van der Waals surface area contributed by atoms with E-state index >= 15 is 0 Å². The molecule has 1 saturated heterocycles. The van der Waals surface area contributed by atoms with E-state index in [-0.39, 0.29) is 24.3 Å². The first-order chi connectivity index (χ1) is 8.38. The lowest BCUT2D eigenvalue weighted by atomic mass is 10.1. The number of nitrogens with zero attached hydrogens (tertiary/aromatic N) is 1. The molecule has 1 heterocycles. The Morgan fingerprint density at radius 1 is 1.61 bits per heavy atom. The van der Waals surface area contributed by atoms with E-state index in [0.29, 0.717) is 18.7 Å². The van der Waals surface area contributed by atoms with Gasteiger partial charge in [-0.1, -0.05) is 6.08 Å². The van der Waals surface area contributed by atoms with Gasteiger partial charge in [-0.2, -0.15) is 0 Å². The summed E-state index contributed by atoms with van der Waals surface area (Å²) in [5.74, 6) is -0.304. The molecule has 0 radical (unpaired) electrons. The van der Waals surface area contributed by atoms with Gasteiger partial charge in [0.25, 0.3) is 0 Å². The van der Waals surface area contributed by atoms with E-state index < -0.39 is 0 Å². The maximum absolute atomic E-state index is 11.3. The van der Waals surface area contributed by atoms with Gasteiger partial charge in [-0.15, -0.1) is 0 Å². The second-order valence-electron chi connectivity index (χ2n) is 5.25. The van der Waals surface area contributed by atoms with Gasteiger partial charge in [0, 0.05) is 25.2 Å². The summed E-state index contributed by atoms with van der Waals surface area (Å²) < 4.78 is 10.4. The van der Waals surface area contributed by atoms with Crippen molar-refractivity contribution < 1.29 is 19.4 Å². The van der Waals surface area contributed by atoms with E-state index in [1.165, 1.54) is 7.11 Å². The van der Waals surface area contributed by atoms with Gasteiger partial charge in [-0.05, 0) is 20.8 Å². The molecule has 1 aliphatic rings. The number of hydrogen-bond acceptors (Lipinski definition) is 5. The lowest BCUT2D eigenvalue weighted by Gasteiger charge is -2.42. The molecule has 0 spiro atoms. The van der Waals surface area contributed by atoms with E-state index in [1.807, 2.05) is 19.9 Å². The third-order valence-electron chi connectivity index (χ3n) is 2.92. The van der Waals surface area contributed by atoms with E-state index in [2.05, 4.69) is 9.64 Å². The van der Waals surface area contributed by atoms with Crippen molar-refractivity contribution >= 4 is 5.97 Å². The monoisotopic (exact) mass is 257 g/mol. The molecule has 0 amide bonds. The lowest BCUT2D eigenvalue weighted by molar-refractivity contribution is -0.146. The van der Waals surface area contributed by atoms with Crippen molar-refractivity contribution in [3.05, 3.63) is 11.6 Å². The average Bonchev–Trinajstić information content (AvgIpc) is 2.32. The summed E-state index contributed by atoms with van der Waals surface area (Å²) in [6.45, 7) is 7.85. The van der Waals surface area contributed by atoms with Crippen molar-refractivity contribution in [2.75, 3.05) is 33.4 Å². The summed E-state index contributed by atoms with van der Waals surface area (Å²) in [5.41, 5.74) is 0.320. The minimum Gasteiger partial charge on any atom is -0.466 e. The molecule has 0 aromatic rings. The molecule has 5 nitrogen and oxygen atoms in total. The highest BCUT2D eigenvalue weighted by atomic mass is 16.5. The number of esters is 1. The highest BCUT2D eigenvalue weighted by Gasteiger charge is 2.32. The van der Waals surface area contributed by atoms with Crippen molar-refractivity contribution in [3.8, 4) is 0 Å². The molecule has 0 aromatic carbocycles. The number of methoxy groups -OCH3 is 1. The standard InChI is InChI=1S/C13H23NO4/c1-10(12(16)17-4)5-6-14-7-11(8-15)18-13(2,3)9-14/h5,11,15H,6-9H2,1-4H3. The maximum Gasteiger partial charge on any atom is 0.333 e. The van der Waals surface area contributed by atoms with Gasteiger partial charge in [0.1, 0.15) is 0 Å². The van der Waals surface area contributed by atoms with Gasteiger partial charge >= 0.3 is 5.97 Å². The normalized spacial score (nSPS) is 24.9. The van der Waals surface area contributed by atoms with Gasteiger partial charge in [-0.25, -0.2) is 4.79 Å². The summed E-state index contributed by atoms with van der Waals surface area (Å²) in [5, 5.41) is 9.20. The Hall–Kier alpha value is -0.910. The Morgan fingerprint density at radius 3 is 2.83 bits per heavy atom. The minimum absolute atomic E-state index is 0.0135. The van der Waals surface area contributed by atoms with Crippen LogP contribution in [-0.2, 0) is 14.3 Å². The zero-order valence-corrected chi connectivity index (χ0v) is 11.6. The van der Waals surface area contributed by atoms with Crippen LogP contribution in [0.5, 0.6) is 0 Å². The van der Waals surface area contributed by atoms with E-state index in [0.717, 1.165) is 6.54 Å². The van der Waals surface area contributed by atoms with Gasteiger partial charge in [0.05, 0.1) is 25.4 Å². The molecule has 0 aliphatic carbocycles. The molecule has 0 saturated carbocycles. The molecular formula is C13H23NO4. The van der Waals surface area contributed by atoms with Crippen LogP contribution in [0.15, 0.2) is 11.6 Å². The fraction of sp³-hybridized carbons (Fsp3) is 0.769. The Labute approximate surface area is 108 Å². The number of morpholine rings is 1. The molecular weight excluding hydrogens is 234 g/mol. The van der Waals surface area contributed by atoms with Crippen molar-refractivity contribution in [2.45, 2.75) is 32.5 Å². The Bertz CT molecular complexity index is 325. The first kappa shape index (κ1) is 15.1. The summed E-state index contributed by atoms with van der Waals surface area (Å²) in [4.78, 5) is 13.4. The van der Waals surface area contributed by atoms with E-state index in [1.54, 1.807) is 6.92 Å². The van der Waals surface area contributed by atoms with Crippen molar-refractivity contribution in [1.82, 2.24) is 4.90 Å². The number of aliphatic hydroxyl groups is 1. The van der Waals surface area contributed by atoms with Crippen LogP contribution in [0.4, 0.5) is 0 Å². The SMILES string of the molecule is COC(=O)C(C)=CCN1CC(CO)OC(C)(C)C1. The average molecular weight is 257 g/mol. The van der Waals surface area contributed by atoms with Crippen molar-refractivity contribution in [1.29, 1.82) is 0 Å². The Morgan fingerprint density at radius 2 is 2.28 bits per heavy atom. The predicted molar refractivity (Wildman–Crippen MR) is 68.3 cm³/mol. The predicted octanol–water partition coefficient (Wildman–Crippen LogP) is 0.577. The van der Waals surface area contributed by atoms with Crippen molar-refractivity contribution in [2.24, 2.45) is 0 Å². The Kier molecular flexibility index (Phi) is 5.31. The van der Waals surface area contributed by atoms with Crippen LogP contribution in [0.25, 0.3) is 0 Å². The summed E-state index contributed by atoms with van der Waals surface area (Å²) in [7, 11) is 1.37. The zero-order valence-electron chi connectivity index (χ0n) is 11.6. The van der Waals surface area contributed by atoms with Gasteiger partial charge in [0.2, 0.25) is 0 Å². The molecule has 0 aromatic heterocycles.